The molecule has 4 aromatic rings. The number of rotatable bonds is 6. The van der Waals surface area contributed by atoms with Crippen LogP contribution < -0.4 is 4.90 Å². The molecule has 140 valence electrons. The summed E-state index contributed by atoms with van der Waals surface area (Å²) in [5.41, 5.74) is 2.77. The van der Waals surface area contributed by atoms with Crippen LogP contribution in [0.4, 0.5) is 5.69 Å². The quantitative estimate of drug-likeness (QED) is 0.537. The molecule has 0 unspecified atom stereocenters. The summed E-state index contributed by atoms with van der Waals surface area (Å²) in [5, 5.41) is 16.2. The molecular formula is C22H19N3O2S. The van der Waals surface area contributed by atoms with Crippen molar-refractivity contribution in [2.75, 3.05) is 18.1 Å². The van der Waals surface area contributed by atoms with E-state index in [0.29, 0.717) is 11.3 Å². The van der Waals surface area contributed by atoms with Crippen molar-refractivity contribution in [3.05, 3.63) is 89.9 Å². The van der Waals surface area contributed by atoms with Crippen LogP contribution in [0.25, 0.3) is 16.3 Å². The summed E-state index contributed by atoms with van der Waals surface area (Å²) >= 11 is 1.54. The highest BCUT2D eigenvalue weighted by molar-refractivity contribution is 7.13. The largest absolute Gasteiger partial charge is 0.395 e. The highest BCUT2D eigenvalue weighted by Crippen LogP contribution is 2.29. The van der Waals surface area contributed by atoms with E-state index in [4.69, 9.17) is 5.10 Å². The van der Waals surface area contributed by atoms with Crippen LogP contribution in [0, 0.1) is 0 Å². The summed E-state index contributed by atoms with van der Waals surface area (Å²) in [7, 11) is 0. The second-order valence-electron chi connectivity index (χ2n) is 6.16. The van der Waals surface area contributed by atoms with Gasteiger partial charge in [0, 0.05) is 18.4 Å². The van der Waals surface area contributed by atoms with Crippen LogP contribution >= 0.6 is 11.3 Å². The second-order valence-corrected chi connectivity index (χ2v) is 7.11. The summed E-state index contributed by atoms with van der Waals surface area (Å²) in [6.45, 7) is 0.0883. The molecule has 0 aliphatic rings. The maximum Gasteiger partial charge on any atom is 0.262 e. The molecule has 0 bridgehead atoms. The average molecular weight is 389 g/mol. The molecule has 0 aliphatic heterocycles. The highest BCUT2D eigenvalue weighted by Gasteiger charge is 2.24. The van der Waals surface area contributed by atoms with Crippen LogP contribution in [0.1, 0.15) is 10.4 Å². The van der Waals surface area contributed by atoms with Gasteiger partial charge in [-0.1, -0.05) is 42.5 Å². The molecule has 28 heavy (non-hydrogen) atoms. The Kier molecular flexibility index (Phi) is 5.32. The fourth-order valence-electron chi connectivity index (χ4n) is 3.04. The SMILES string of the molecule is O=C(c1cn(-c2ccccc2)nc1-c1cccs1)N(CCO)c1ccccc1. The van der Waals surface area contributed by atoms with Gasteiger partial charge in [-0.3, -0.25) is 4.79 Å². The summed E-state index contributed by atoms with van der Waals surface area (Å²) < 4.78 is 1.73. The van der Waals surface area contributed by atoms with Crippen molar-refractivity contribution < 1.29 is 9.90 Å². The lowest BCUT2D eigenvalue weighted by Gasteiger charge is -2.21. The van der Waals surface area contributed by atoms with Gasteiger partial charge in [0.15, 0.2) is 0 Å². The Morgan fingerprint density at radius 2 is 1.71 bits per heavy atom. The molecule has 0 fully saturated rings. The first-order valence-corrected chi connectivity index (χ1v) is 9.82. The molecule has 0 atom stereocenters. The fourth-order valence-corrected chi connectivity index (χ4v) is 3.76. The van der Waals surface area contributed by atoms with E-state index in [1.807, 2.05) is 78.2 Å². The van der Waals surface area contributed by atoms with Gasteiger partial charge < -0.3 is 10.0 Å². The van der Waals surface area contributed by atoms with Gasteiger partial charge in [-0.25, -0.2) is 4.68 Å². The number of benzene rings is 2. The van der Waals surface area contributed by atoms with E-state index in [1.54, 1.807) is 27.1 Å². The van der Waals surface area contributed by atoms with Crippen LogP contribution in [0.2, 0.25) is 0 Å². The number of para-hydroxylation sites is 2. The lowest BCUT2D eigenvalue weighted by atomic mass is 10.1. The third kappa shape index (κ3) is 3.60. The number of hydrogen-bond donors (Lipinski definition) is 1. The second kappa shape index (κ2) is 8.21. The van der Waals surface area contributed by atoms with Gasteiger partial charge in [-0.15, -0.1) is 11.3 Å². The van der Waals surface area contributed by atoms with E-state index < -0.39 is 0 Å². The normalized spacial score (nSPS) is 10.8. The average Bonchev–Trinajstić information content (AvgIpc) is 3.42. The van der Waals surface area contributed by atoms with Crippen molar-refractivity contribution >= 4 is 22.9 Å². The first-order valence-electron chi connectivity index (χ1n) is 8.94. The zero-order chi connectivity index (χ0) is 19.3. The number of carbonyl (C=O) groups is 1. The van der Waals surface area contributed by atoms with Crippen LogP contribution in [0.3, 0.4) is 0 Å². The van der Waals surface area contributed by atoms with Gasteiger partial charge in [0.2, 0.25) is 0 Å². The standard InChI is InChI=1S/C22H19N3O2S/c26-14-13-24(17-8-3-1-4-9-17)22(27)19-16-25(18-10-5-2-6-11-18)23-21(19)20-12-7-15-28-20/h1-12,15-16,26H,13-14H2. The number of hydrogen-bond acceptors (Lipinski definition) is 4. The molecule has 0 saturated carbocycles. The number of carbonyl (C=O) groups excluding carboxylic acids is 1. The fraction of sp³-hybridized carbons (Fsp3) is 0.0909. The topological polar surface area (TPSA) is 58.4 Å². The third-order valence-electron chi connectivity index (χ3n) is 4.36. The van der Waals surface area contributed by atoms with Crippen LogP contribution in [0.5, 0.6) is 0 Å². The Morgan fingerprint density at radius 3 is 2.36 bits per heavy atom. The van der Waals surface area contributed by atoms with E-state index >= 15 is 0 Å². The van der Waals surface area contributed by atoms with Crippen molar-refractivity contribution in [3.63, 3.8) is 0 Å². The van der Waals surface area contributed by atoms with Crippen LogP contribution in [0.15, 0.2) is 84.4 Å². The number of nitrogens with zero attached hydrogens (tertiary/aromatic N) is 3. The molecule has 0 saturated heterocycles. The Labute approximate surface area is 167 Å². The van der Waals surface area contributed by atoms with Gasteiger partial charge in [0.25, 0.3) is 5.91 Å². The maximum absolute atomic E-state index is 13.5. The van der Waals surface area contributed by atoms with Crippen molar-refractivity contribution in [3.8, 4) is 16.3 Å². The van der Waals surface area contributed by atoms with Crippen LogP contribution in [-0.4, -0.2) is 33.9 Å². The molecule has 5 nitrogen and oxygen atoms in total. The highest BCUT2D eigenvalue weighted by atomic mass is 32.1. The summed E-state index contributed by atoms with van der Waals surface area (Å²) in [6, 6.07) is 23.0. The number of aliphatic hydroxyl groups is 1. The van der Waals surface area contributed by atoms with Gasteiger partial charge in [-0.2, -0.15) is 5.10 Å². The first-order chi connectivity index (χ1) is 13.8. The minimum Gasteiger partial charge on any atom is -0.395 e. The molecule has 0 radical (unpaired) electrons. The van der Waals surface area contributed by atoms with E-state index in [0.717, 1.165) is 16.3 Å². The summed E-state index contributed by atoms with van der Waals surface area (Å²) in [6.07, 6.45) is 1.76. The zero-order valence-electron chi connectivity index (χ0n) is 15.1. The molecule has 2 heterocycles. The zero-order valence-corrected chi connectivity index (χ0v) is 15.9. The lowest BCUT2D eigenvalue weighted by Crippen LogP contribution is -2.33. The monoisotopic (exact) mass is 389 g/mol. The van der Waals surface area contributed by atoms with Crippen molar-refractivity contribution in [1.82, 2.24) is 9.78 Å². The molecule has 6 heteroatoms. The predicted molar refractivity (Wildman–Crippen MR) is 112 cm³/mol. The minimum absolute atomic E-state index is 0.123. The Balaban J connectivity index is 1.81. The number of thiophene rings is 1. The Hall–Kier alpha value is -3.22. The van der Waals surface area contributed by atoms with Crippen molar-refractivity contribution in [2.45, 2.75) is 0 Å². The van der Waals surface area contributed by atoms with Gasteiger partial charge in [-0.05, 0) is 35.7 Å². The smallest absolute Gasteiger partial charge is 0.262 e. The lowest BCUT2D eigenvalue weighted by molar-refractivity contribution is 0.0981. The van der Waals surface area contributed by atoms with Gasteiger partial charge >= 0.3 is 0 Å². The molecule has 1 amide bonds. The molecule has 0 aliphatic carbocycles. The molecule has 1 N–H and O–H groups in total. The summed E-state index contributed by atoms with van der Waals surface area (Å²) in [4.78, 5) is 16.0. The van der Waals surface area contributed by atoms with E-state index in [2.05, 4.69) is 0 Å². The maximum atomic E-state index is 13.5. The summed E-state index contributed by atoms with van der Waals surface area (Å²) in [5.74, 6) is -0.189. The molecule has 2 aromatic heterocycles. The number of anilines is 1. The predicted octanol–water partition coefficient (Wildman–Crippen LogP) is 4.24. The number of amides is 1. The molecule has 0 spiro atoms. The number of aromatic nitrogens is 2. The van der Waals surface area contributed by atoms with E-state index in [1.165, 1.54) is 0 Å². The third-order valence-corrected chi connectivity index (χ3v) is 5.23. The minimum atomic E-state index is -0.189. The Bertz CT molecular complexity index is 1040. The van der Waals surface area contributed by atoms with Gasteiger partial charge in [0.1, 0.15) is 5.69 Å². The first kappa shape index (κ1) is 18.2. The molecular weight excluding hydrogens is 370 g/mol. The number of aliphatic hydroxyl groups excluding tert-OH is 1. The van der Waals surface area contributed by atoms with Crippen molar-refractivity contribution in [2.24, 2.45) is 0 Å². The van der Waals surface area contributed by atoms with Crippen LogP contribution in [-0.2, 0) is 0 Å². The molecule has 4 rings (SSSR count). The van der Waals surface area contributed by atoms with Gasteiger partial charge in [0.05, 0.1) is 22.7 Å². The molecule has 2 aromatic carbocycles. The Morgan fingerprint density at radius 1 is 1.00 bits per heavy atom. The van der Waals surface area contributed by atoms with E-state index in [9.17, 15) is 9.90 Å². The van der Waals surface area contributed by atoms with Crippen molar-refractivity contribution in [1.29, 1.82) is 0 Å². The van der Waals surface area contributed by atoms with E-state index in [-0.39, 0.29) is 19.1 Å².